The number of esters is 1. The fraction of sp³-hybridized carbons (Fsp3) is 0.312. The van der Waals surface area contributed by atoms with E-state index >= 15 is 0 Å². The molecule has 9 nitrogen and oxygen atoms in total. The van der Waals surface area contributed by atoms with Gasteiger partial charge in [0.25, 0.3) is 0 Å². The average molecular weight is 559 g/mol. The Balaban J connectivity index is 1.45. The monoisotopic (exact) mass is 558 g/mol. The minimum absolute atomic E-state index is 0.00634. The molecule has 2 atom stereocenters. The first-order valence-electron chi connectivity index (χ1n) is 13.4. The van der Waals surface area contributed by atoms with Crippen LogP contribution in [0.25, 0.3) is 11.1 Å². The van der Waals surface area contributed by atoms with E-state index < -0.39 is 47.9 Å². The topological polar surface area (TPSA) is 131 Å². The Labute approximate surface area is 238 Å². The van der Waals surface area contributed by atoms with Crippen molar-refractivity contribution >= 4 is 23.9 Å². The standard InChI is InChI=1S/C32H34N2O7/c1-32(2,3)28(30(37)38)34-29(36)26(17-27(35)40-18-20-11-5-4-6-12-20)33-31(39)41-19-25-23-15-9-7-13-21(23)22-14-8-10-16-24(22)25/h4-16,25-26,28H,17-19H2,1-3H3,(H,33,39)(H,34,36)(H,37,38)/t26-,28+/m0/s1. The van der Waals surface area contributed by atoms with Gasteiger partial charge >= 0.3 is 18.0 Å². The number of carboxylic acids is 1. The van der Waals surface area contributed by atoms with Crippen molar-refractivity contribution in [2.45, 2.75) is 51.8 Å². The molecule has 3 aromatic rings. The van der Waals surface area contributed by atoms with E-state index in [9.17, 15) is 24.3 Å². The largest absolute Gasteiger partial charge is 0.480 e. The Morgan fingerprint density at radius 2 is 1.37 bits per heavy atom. The zero-order valence-electron chi connectivity index (χ0n) is 23.3. The number of carbonyl (C=O) groups is 4. The van der Waals surface area contributed by atoms with E-state index in [1.807, 2.05) is 54.6 Å². The van der Waals surface area contributed by atoms with Crippen LogP contribution >= 0.6 is 0 Å². The molecule has 0 unspecified atom stereocenters. The molecule has 4 rings (SSSR count). The Morgan fingerprint density at radius 3 is 1.93 bits per heavy atom. The predicted octanol–water partition coefficient (Wildman–Crippen LogP) is 4.64. The summed E-state index contributed by atoms with van der Waals surface area (Å²) >= 11 is 0. The van der Waals surface area contributed by atoms with Crippen LogP contribution in [0.1, 0.15) is 49.8 Å². The molecule has 3 N–H and O–H groups in total. The lowest BCUT2D eigenvalue weighted by atomic mass is 9.86. The molecular weight excluding hydrogens is 524 g/mol. The van der Waals surface area contributed by atoms with Crippen LogP contribution in [-0.4, -0.2) is 47.7 Å². The summed E-state index contributed by atoms with van der Waals surface area (Å²) in [6.45, 7) is 4.97. The second-order valence-corrected chi connectivity index (χ2v) is 11.0. The minimum Gasteiger partial charge on any atom is -0.480 e. The van der Waals surface area contributed by atoms with E-state index in [2.05, 4.69) is 10.6 Å². The molecule has 0 bridgehead atoms. The highest BCUT2D eigenvalue weighted by molar-refractivity contribution is 5.92. The summed E-state index contributed by atoms with van der Waals surface area (Å²) < 4.78 is 10.9. The van der Waals surface area contributed by atoms with Gasteiger partial charge in [0.15, 0.2) is 0 Å². The highest BCUT2D eigenvalue weighted by Gasteiger charge is 2.36. The van der Waals surface area contributed by atoms with Crippen molar-refractivity contribution in [3.8, 4) is 11.1 Å². The summed E-state index contributed by atoms with van der Waals surface area (Å²) in [6.07, 6.45) is -1.43. The molecule has 1 aliphatic rings. The van der Waals surface area contributed by atoms with Gasteiger partial charge < -0.3 is 25.2 Å². The quantitative estimate of drug-likeness (QED) is 0.309. The fourth-order valence-electron chi connectivity index (χ4n) is 4.85. The lowest BCUT2D eigenvalue weighted by Crippen LogP contribution is -2.56. The van der Waals surface area contributed by atoms with E-state index in [1.165, 1.54) is 0 Å². The molecule has 0 radical (unpaired) electrons. The van der Waals surface area contributed by atoms with Gasteiger partial charge in [0.1, 0.15) is 25.3 Å². The van der Waals surface area contributed by atoms with Crippen LogP contribution in [0.4, 0.5) is 4.79 Å². The van der Waals surface area contributed by atoms with E-state index in [4.69, 9.17) is 9.47 Å². The molecule has 3 aromatic carbocycles. The Bertz CT molecular complexity index is 1370. The molecule has 0 aromatic heterocycles. The molecule has 0 aliphatic heterocycles. The highest BCUT2D eigenvalue weighted by Crippen LogP contribution is 2.44. The van der Waals surface area contributed by atoms with Crippen LogP contribution in [-0.2, 0) is 30.5 Å². The van der Waals surface area contributed by atoms with Crippen LogP contribution in [0.3, 0.4) is 0 Å². The molecule has 0 spiro atoms. The highest BCUT2D eigenvalue weighted by atomic mass is 16.5. The third-order valence-electron chi connectivity index (χ3n) is 6.97. The summed E-state index contributed by atoms with van der Waals surface area (Å²) in [5.74, 6) is -3.01. The van der Waals surface area contributed by atoms with Crippen LogP contribution in [0.15, 0.2) is 78.9 Å². The first kappa shape index (κ1) is 29.3. The van der Waals surface area contributed by atoms with Crippen molar-refractivity contribution in [3.05, 3.63) is 95.6 Å². The summed E-state index contributed by atoms with van der Waals surface area (Å²) in [6, 6.07) is 22.1. The lowest BCUT2D eigenvalue weighted by Gasteiger charge is -2.29. The molecular formula is C32H34N2O7. The molecule has 9 heteroatoms. The number of carboxylic acid groups (broad SMARTS) is 1. The van der Waals surface area contributed by atoms with E-state index in [0.717, 1.165) is 27.8 Å². The number of ether oxygens (including phenoxy) is 2. The van der Waals surface area contributed by atoms with Crippen molar-refractivity contribution in [2.75, 3.05) is 6.61 Å². The predicted molar refractivity (Wildman–Crippen MR) is 152 cm³/mol. The van der Waals surface area contributed by atoms with Gasteiger partial charge in [-0.15, -0.1) is 0 Å². The van der Waals surface area contributed by atoms with Crippen LogP contribution in [0.2, 0.25) is 0 Å². The number of aliphatic carboxylic acids is 1. The maximum absolute atomic E-state index is 13.2. The molecule has 2 amide bonds. The Kier molecular flexibility index (Phi) is 9.07. The van der Waals surface area contributed by atoms with Gasteiger partial charge in [-0.2, -0.15) is 0 Å². The number of amides is 2. The number of fused-ring (bicyclic) bond motifs is 3. The Hall–Kier alpha value is -4.66. The van der Waals surface area contributed by atoms with Crippen LogP contribution in [0.5, 0.6) is 0 Å². The van der Waals surface area contributed by atoms with Crippen molar-refractivity contribution < 1.29 is 33.8 Å². The average Bonchev–Trinajstić information content (AvgIpc) is 3.26. The zero-order valence-corrected chi connectivity index (χ0v) is 23.3. The third kappa shape index (κ3) is 7.30. The molecule has 0 fully saturated rings. The molecule has 1 aliphatic carbocycles. The SMILES string of the molecule is CC(C)(C)[C@H](NC(=O)[C@H](CC(=O)OCc1ccccc1)NC(=O)OCC1c2ccccc2-c2ccccc21)C(=O)O. The number of alkyl carbamates (subject to hydrolysis) is 1. The van der Waals surface area contributed by atoms with Crippen molar-refractivity contribution in [1.82, 2.24) is 10.6 Å². The Morgan fingerprint density at radius 1 is 0.805 bits per heavy atom. The second-order valence-electron chi connectivity index (χ2n) is 11.0. The number of benzene rings is 3. The van der Waals surface area contributed by atoms with Crippen LogP contribution in [0, 0.1) is 5.41 Å². The van der Waals surface area contributed by atoms with E-state index in [1.54, 1.807) is 45.0 Å². The summed E-state index contributed by atoms with van der Waals surface area (Å²) in [5.41, 5.74) is 4.10. The number of rotatable bonds is 10. The summed E-state index contributed by atoms with van der Waals surface area (Å²) in [4.78, 5) is 50.6. The van der Waals surface area contributed by atoms with Crippen molar-refractivity contribution in [1.29, 1.82) is 0 Å². The molecule has 0 heterocycles. The third-order valence-corrected chi connectivity index (χ3v) is 6.97. The first-order valence-corrected chi connectivity index (χ1v) is 13.4. The smallest absolute Gasteiger partial charge is 0.407 e. The maximum Gasteiger partial charge on any atom is 0.407 e. The molecule has 41 heavy (non-hydrogen) atoms. The van der Waals surface area contributed by atoms with Gasteiger partial charge in [0, 0.05) is 5.92 Å². The van der Waals surface area contributed by atoms with Gasteiger partial charge in [0.2, 0.25) is 5.91 Å². The van der Waals surface area contributed by atoms with Gasteiger partial charge in [-0.1, -0.05) is 99.6 Å². The van der Waals surface area contributed by atoms with Crippen molar-refractivity contribution in [3.63, 3.8) is 0 Å². The number of hydrogen-bond donors (Lipinski definition) is 3. The van der Waals surface area contributed by atoms with E-state index in [-0.39, 0.29) is 19.1 Å². The fourth-order valence-corrected chi connectivity index (χ4v) is 4.85. The zero-order chi connectivity index (χ0) is 29.6. The summed E-state index contributed by atoms with van der Waals surface area (Å²) in [5, 5.41) is 14.6. The van der Waals surface area contributed by atoms with Crippen LogP contribution < -0.4 is 10.6 Å². The van der Waals surface area contributed by atoms with Gasteiger partial charge in [-0.05, 0) is 33.2 Å². The van der Waals surface area contributed by atoms with Gasteiger partial charge in [0.05, 0.1) is 6.42 Å². The maximum atomic E-state index is 13.2. The minimum atomic E-state index is -1.42. The van der Waals surface area contributed by atoms with Gasteiger partial charge in [-0.25, -0.2) is 9.59 Å². The van der Waals surface area contributed by atoms with Crippen molar-refractivity contribution in [2.24, 2.45) is 5.41 Å². The normalized spacial score (nSPS) is 13.7. The number of nitrogens with one attached hydrogen (secondary N) is 2. The molecule has 214 valence electrons. The lowest BCUT2D eigenvalue weighted by molar-refractivity contribution is -0.148. The van der Waals surface area contributed by atoms with E-state index in [0.29, 0.717) is 0 Å². The van der Waals surface area contributed by atoms with Gasteiger partial charge in [-0.3, -0.25) is 9.59 Å². The number of hydrogen-bond acceptors (Lipinski definition) is 6. The first-order chi connectivity index (χ1) is 19.5. The molecule has 0 saturated carbocycles. The number of carbonyl (C=O) groups excluding carboxylic acids is 3. The second kappa shape index (κ2) is 12.7. The summed E-state index contributed by atoms with van der Waals surface area (Å²) in [7, 11) is 0. The molecule has 0 saturated heterocycles.